The van der Waals surface area contributed by atoms with Crippen molar-refractivity contribution in [1.29, 1.82) is 0 Å². The summed E-state index contributed by atoms with van der Waals surface area (Å²) >= 11 is 16.9. The monoisotopic (exact) mass is 416 g/mol. The minimum Gasteiger partial charge on any atom is -0.479 e. The number of carbonyl (C=O) groups excluding carboxylic acids is 1. The lowest BCUT2D eigenvalue weighted by molar-refractivity contribution is -0.125. The van der Waals surface area contributed by atoms with E-state index >= 15 is 0 Å². The van der Waals surface area contributed by atoms with E-state index in [-0.39, 0.29) is 11.1 Å². The van der Waals surface area contributed by atoms with Crippen molar-refractivity contribution in [3.63, 3.8) is 0 Å². The maximum absolute atomic E-state index is 12.2. The van der Waals surface area contributed by atoms with Gasteiger partial charge >= 0.3 is 0 Å². The average Bonchev–Trinajstić information content (AvgIpc) is 3.02. The number of halogens is 2. The fourth-order valence-corrected chi connectivity index (χ4v) is 2.49. The zero-order valence-corrected chi connectivity index (χ0v) is 16.5. The molecule has 8 nitrogen and oxygen atoms in total. The third kappa shape index (κ3) is 6.08. The van der Waals surface area contributed by atoms with E-state index in [1.807, 2.05) is 0 Å². The number of amides is 1. The van der Waals surface area contributed by atoms with Crippen LogP contribution in [0.5, 0.6) is 5.75 Å². The molecule has 0 aliphatic rings. The molecule has 1 aromatic carbocycles. The second-order valence-electron chi connectivity index (χ2n) is 5.34. The molecule has 2 N–H and O–H groups in total. The number of hydrogen-bond donors (Lipinski definition) is 2. The molecule has 0 bridgehead atoms. The predicted octanol–water partition coefficient (Wildman–Crippen LogP) is 3.06. The Bertz CT molecular complexity index is 785. The molecule has 0 aliphatic heterocycles. The smallest absolute Gasteiger partial charge is 0.269 e. The third-order valence-electron chi connectivity index (χ3n) is 3.19. The average molecular weight is 417 g/mol. The number of aryl methyl sites for hydroxylation is 1. The number of aromatic nitrogens is 4. The van der Waals surface area contributed by atoms with Gasteiger partial charge in [0.05, 0.1) is 11.6 Å². The lowest BCUT2D eigenvalue weighted by Gasteiger charge is -2.16. The number of thiocarbonyl (C=S) groups is 1. The van der Waals surface area contributed by atoms with Crippen molar-refractivity contribution < 1.29 is 9.53 Å². The topological polar surface area (TPSA) is 94.0 Å². The first kappa shape index (κ1) is 20.3. The zero-order valence-electron chi connectivity index (χ0n) is 14.2. The largest absolute Gasteiger partial charge is 0.479 e. The number of benzene rings is 1. The number of tetrazole rings is 1. The van der Waals surface area contributed by atoms with Crippen LogP contribution in [0.4, 0.5) is 5.95 Å². The maximum atomic E-state index is 12.2. The Morgan fingerprint density at radius 3 is 2.88 bits per heavy atom. The van der Waals surface area contributed by atoms with Crippen molar-refractivity contribution in [2.75, 3.05) is 5.32 Å². The van der Waals surface area contributed by atoms with Crippen molar-refractivity contribution in [1.82, 2.24) is 25.5 Å². The van der Waals surface area contributed by atoms with E-state index in [2.05, 4.69) is 33.0 Å². The molecule has 0 saturated heterocycles. The highest BCUT2D eigenvalue weighted by atomic mass is 35.5. The summed E-state index contributed by atoms with van der Waals surface area (Å²) in [4.78, 5) is 13.6. The van der Waals surface area contributed by atoms with Crippen LogP contribution < -0.4 is 15.4 Å². The van der Waals surface area contributed by atoms with Gasteiger partial charge in [0.1, 0.15) is 5.75 Å². The van der Waals surface area contributed by atoms with Gasteiger partial charge in [0.25, 0.3) is 11.9 Å². The number of carbonyl (C=O) groups is 1. The molecule has 1 amide bonds. The highest BCUT2D eigenvalue weighted by molar-refractivity contribution is 7.80. The normalized spacial score (nSPS) is 11.7. The summed E-state index contributed by atoms with van der Waals surface area (Å²) < 4.78 is 5.52. The predicted molar refractivity (Wildman–Crippen MR) is 104 cm³/mol. The minimum atomic E-state index is -0.832. The van der Waals surface area contributed by atoms with Crippen LogP contribution in [0, 0.1) is 0 Å². The standard InChI is InChI=1S/C15H18Cl2N6O2S/c1-3-4-7-23-21-14(20-22-23)19-15(26)18-13(24)9(2)25-12-6-5-10(16)8-11(12)17/h5-6,8-9H,3-4,7H2,1-2H3,(H2,18,19,21,24,26). The van der Waals surface area contributed by atoms with Gasteiger partial charge in [-0.15, -0.1) is 5.10 Å². The van der Waals surface area contributed by atoms with Gasteiger partial charge in [-0.3, -0.25) is 15.4 Å². The van der Waals surface area contributed by atoms with Gasteiger partial charge in [-0.1, -0.05) is 41.6 Å². The lowest BCUT2D eigenvalue weighted by Crippen LogP contribution is -2.42. The SMILES string of the molecule is CCCCn1nnc(NC(=S)NC(=O)C(C)Oc2ccc(Cl)cc2Cl)n1. The van der Waals surface area contributed by atoms with Crippen molar-refractivity contribution in [2.45, 2.75) is 39.3 Å². The zero-order chi connectivity index (χ0) is 19.1. The van der Waals surface area contributed by atoms with Crippen molar-refractivity contribution in [2.24, 2.45) is 0 Å². The van der Waals surface area contributed by atoms with Crippen LogP contribution in [0.2, 0.25) is 10.0 Å². The Morgan fingerprint density at radius 2 is 2.19 bits per heavy atom. The van der Waals surface area contributed by atoms with Crippen LogP contribution in [0.3, 0.4) is 0 Å². The van der Waals surface area contributed by atoms with E-state index in [0.717, 1.165) is 12.8 Å². The molecule has 1 unspecified atom stereocenters. The van der Waals surface area contributed by atoms with Gasteiger partial charge in [-0.25, -0.2) is 0 Å². The lowest BCUT2D eigenvalue weighted by atomic mass is 10.3. The second kappa shape index (κ2) is 9.65. The van der Waals surface area contributed by atoms with Gasteiger partial charge < -0.3 is 4.74 Å². The molecule has 1 aromatic heterocycles. The molecule has 2 aromatic rings. The van der Waals surface area contributed by atoms with Gasteiger partial charge in [-0.2, -0.15) is 4.80 Å². The fourth-order valence-electron chi connectivity index (χ4n) is 1.85. The van der Waals surface area contributed by atoms with Crippen LogP contribution in [0.15, 0.2) is 18.2 Å². The first-order valence-corrected chi connectivity index (χ1v) is 9.06. The number of unbranched alkanes of at least 4 members (excludes halogenated alkanes) is 1. The molecular formula is C15H18Cl2N6O2S. The van der Waals surface area contributed by atoms with E-state index in [9.17, 15) is 4.79 Å². The maximum Gasteiger partial charge on any atom is 0.269 e. The summed E-state index contributed by atoms with van der Waals surface area (Å²) in [7, 11) is 0. The van der Waals surface area contributed by atoms with E-state index in [1.54, 1.807) is 19.1 Å². The quantitative estimate of drug-likeness (QED) is 0.669. The number of ether oxygens (including phenoxy) is 1. The van der Waals surface area contributed by atoms with E-state index in [4.69, 9.17) is 40.2 Å². The second-order valence-corrected chi connectivity index (χ2v) is 6.59. The van der Waals surface area contributed by atoms with Gasteiger partial charge in [0.2, 0.25) is 0 Å². The first-order chi connectivity index (χ1) is 12.4. The van der Waals surface area contributed by atoms with Gasteiger partial charge in [-0.05, 0) is 49.0 Å². The molecule has 140 valence electrons. The Hall–Kier alpha value is -1.97. The molecule has 0 aliphatic carbocycles. The molecule has 0 spiro atoms. The summed E-state index contributed by atoms with van der Waals surface area (Å²) in [5, 5.41) is 17.8. The number of rotatable bonds is 7. The van der Waals surface area contributed by atoms with Crippen LogP contribution in [0.1, 0.15) is 26.7 Å². The van der Waals surface area contributed by atoms with E-state index in [1.165, 1.54) is 10.9 Å². The number of nitrogens with zero attached hydrogens (tertiary/aromatic N) is 4. The molecule has 26 heavy (non-hydrogen) atoms. The molecule has 0 radical (unpaired) electrons. The fraction of sp³-hybridized carbons (Fsp3) is 0.400. The number of nitrogens with one attached hydrogen (secondary N) is 2. The van der Waals surface area contributed by atoms with Crippen molar-refractivity contribution in [3.05, 3.63) is 28.2 Å². The van der Waals surface area contributed by atoms with E-state index < -0.39 is 12.0 Å². The number of anilines is 1. The molecule has 0 saturated carbocycles. The van der Waals surface area contributed by atoms with Crippen molar-refractivity contribution in [3.8, 4) is 5.75 Å². The summed E-state index contributed by atoms with van der Waals surface area (Å²) in [5.41, 5.74) is 0. The Morgan fingerprint density at radius 1 is 1.42 bits per heavy atom. The summed E-state index contributed by atoms with van der Waals surface area (Å²) in [6.07, 6.45) is 1.13. The minimum absolute atomic E-state index is 0.0442. The van der Waals surface area contributed by atoms with E-state index in [0.29, 0.717) is 22.3 Å². The summed E-state index contributed by atoms with van der Waals surface area (Å²) in [6.45, 7) is 4.31. The van der Waals surface area contributed by atoms with Crippen LogP contribution >= 0.6 is 35.4 Å². The van der Waals surface area contributed by atoms with Crippen LogP contribution in [-0.2, 0) is 11.3 Å². The molecular weight excluding hydrogens is 399 g/mol. The Kier molecular flexibility index (Phi) is 7.55. The molecule has 1 atom stereocenters. The first-order valence-electron chi connectivity index (χ1n) is 7.90. The van der Waals surface area contributed by atoms with Gasteiger partial charge in [0.15, 0.2) is 11.2 Å². The van der Waals surface area contributed by atoms with Crippen LogP contribution in [0.25, 0.3) is 0 Å². The summed E-state index contributed by atoms with van der Waals surface area (Å²) in [5.74, 6) is 0.103. The highest BCUT2D eigenvalue weighted by Gasteiger charge is 2.18. The molecule has 0 fully saturated rings. The molecule has 2 rings (SSSR count). The third-order valence-corrected chi connectivity index (χ3v) is 3.93. The highest BCUT2D eigenvalue weighted by Crippen LogP contribution is 2.28. The number of hydrogen-bond acceptors (Lipinski definition) is 6. The van der Waals surface area contributed by atoms with Gasteiger partial charge in [0, 0.05) is 5.02 Å². The summed E-state index contributed by atoms with van der Waals surface area (Å²) in [6, 6.07) is 4.74. The van der Waals surface area contributed by atoms with Crippen molar-refractivity contribution >= 4 is 52.4 Å². The molecule has 1 heterocycles. The van der Waals surface area contributed by atoms with Crippen LogP contribution in [-0.4, -0.2) is 37.3 Å². The molecule has 11 heteroatoms. The Balaban J connectivity index is 1.85. The Labute approximate surface area is 166 Å².